The minimum absolute atomic E-state index is 0.0787. The number of hydrogen-bond donors (Lipinski definition) is 2. The molecule has 0 saturated heterocycles. The van der Waals surface area contributed by atoms with E-state index in [-0.39, 0.29) is 18.4 Å². The van der Waals surface area contributed by atoms with Gasteiger partial charge in [0.1, 0.15) is 0 Å². The highest BCUT2D eigenvalue weighted by Crippen LogP contribution is 2.09. The maximum Gasteiger partial charge on any atom is 0.237 e. The summed E-state index contributed by atoms with van der Waals surface area (Å²) in [5.41, 5.74) is 6.24. The molecule has 1 amide bonds. The van der Waals surface area contributed by atoms with E-state index in [9.17, 15) is 13.6 Å². The molecule has 0 aliphatic carbocycles. The van der Waals surface area contributed by atoms with Gasteiger partial charge in [-0.1, -0.05) is 26.3 Å². The molecule has 100 valence electrons. The highest BCUT2D eigenvalue weighted by atomic mass is 19.2. The van der Waals surface area contributed by atoms with Crippen molar-refractivity contribution >= 4 is 5.91 Å². The number of carbonyl (C=O) groups is 1. The lowest BCUT2D eigenvalue weighted by atomic mass is 9.99. The minimum Gasteiger partial charge on any atom is -0.351 e. The third-order valence-corrected chi connectivity index (χ3v) is 3.01. The SMILES string of the molecule is CC[C@H](C)[C@H](N)C(=O)NCc1ccc(F)c(F)c1. The lowest BCUT2D eigenvalue weighted by Gasteiger charge is -2.17. The van der Waals surface area contributed by atoms with E-state index in [1.165, 1.54) is 6.07 Å². The minimum atomic E-state index is -0.923. The van der Waals surface area contributed by atoms with Crippen molar-refractivity contribution in [2.75, 3.05) is 0 Å². The number of nitrogens with one attached hydrogen (secondary N) is 1. The van der Waals surface area contributed by atoms with Crippen LogP contribution in [-0.4, -0.2) is 11.9 Å². The summed E-state index contributed by atoms with van der Waals surface area (Å²) < 4.78 is 25.6. The van der Waals surface area contributed by atoms with E-state index in [1.807, 2.05) is 13.8 Å². The molecule has 1 aromatic carbocycles. The van der Waals surface area contributed by atoms with Gasteiger partial charge >= 0.3 is 0 Å². The Kier molecular flexibility index (Phi) is 5.22. The van der Waals surface area contributed by atoms with E-state index in [0.29, 0.717) is 5.56 Å². The molecule has 3 N–H and O–H groups in total. The van der Waals surface area contributed by atoms with Gasteiger partial charge in [-0.25, -0.2) is 8.78 Å². The Morgan fingerprint density at radius 3 is 2.61 bits per heavy atom. The fraction of sp³-hybridized carbons (Fsp3) is 0.462. The molecule has 0 aliphatic rings. The molecule has 0 fully saturated rings. The summed E-state index contributed by atoms with van der Waals surface area (Å²) in [4.78, 5) is 11.7. The van der Waals surface area contributed by atoms with Crippen molar-refractivity contribution in [2.24, 2.45) is 11.7 Å². The van der Waals surface area contributed by atoms with E-state index < -0.39 is 17.7 Å². The number of nitrogens with two attached hydrogens (primary N) is 1. The van der Waals surface area contributed by atoms with Crippen molar-refractivity contribution in [2.45, 2.75) is 32.9 Å². The van der Waals surface area contributed by atoms with Crippen molar-refractivity contribution < 1.29 is 13.6 Å². The van der Waals surface area contributed by atoms with Crippen LogP contribution in [0.2, 0.25) is 0 Å². The molecule has 0 unspecified atom stereocenters. The Morgan fingerprint density at radius 2 is 2.06 bits per heavy atom. The van der Waals surface area contributed by atoms with Crippen LogP contribution in [0.3, 0.4) is 0 Å². The summed E-state index contributed by atoms with van der Waals surface area (Å²) in [6, 6.07) is 2.93. The molecule has 18 heavy (non-hydrogen) atoms. The fourth-order valence-corrected chi connectivity index (χ4v) is 1.47. The third kappa shape index (κ3) is 3.77. The molecule has 3 nitrogen and oxygen atoms in total. The second-order valence-electron chi connectivity index (χ2n) is 4.38. The molecular formula is C13H18F2N2O. The van der Waals surface area contributed by atoms with Gasteiger partial charge in [0.05, 0.1) is 6.04 Å². The average molecular weight is 256 g/mol. The van der Waals surface area contributed by atoms with Crippen molar-refractivity contribution in [3.63, 3.8) is 0 Å². The lowest BCUT2D eigenvalue weighted by Crippen LogP contribution is -2.44. The number of hydrogen-bond acceptors (Lipinski definition) is 2. The van der Waals surface area contributed by atoms with E-state index >= 15 is 0 Å². The third-order valence-electron chi connectivity index (χ3n) is 3.01. The zero-order valence-electron chi connectivity index (χ0n) is 10.5. The van der Waals surface area contributed by atoms with E-state index in [4.69, 9.17) is 5.73 Å². The smallest absolute Gasteiger partial charge is 0.237 e. The Labute approximate surface area is 105 Å². The van der Waals surface area contributed by atoms with Gasteiger partial charge in [-0.2, -0.15) is 0 Å². The largest absolute Gasteiger partial charge is 0.351 e. The van der Waals surface area contributed by atoms with Crippen molar-refractivity contribution in [1.29, 1.82) is 0 Å². The second kappa shape index (κ2) is 6.44. The van der Waals surface area contributed by atoms with Gasteiger partial charge in [-0.3, -0.25) is 4.79 Å². The van der Waals surface area contributed by atoms with Crippen LogP contribution in [0.4, 0.5) is 8.78 Å². The fourth-order valence-electron chi connectivity index (χ4n) is 1.47. The van der Waals surface area contributed by atoms with E-state index in [0.717, 1.165) is 18.6 Å². The molecule has 5 heteroatoms. The highest BCUT2D eigenvalue weighted by Gasteiger charge is 2.18. The first-order valence-electron chi connectivity index (χ1n) is 5.93. The van der Waals surface area contributed by atoms with Crippen molar-refractivity contribution in [3.8, 4) is 0 Å². The first kappa shape index (κ1) is 14.6. The van der Waals surface area contributed by atoms with Gasteiger partial charge in [0.15, 0.2) is 11.6 Å². The predicted molar refractivity (Wildman–Crippen MR) is 65.6 cm³/mol. The summed E-state index contributed by atoms with van der Waals surface area (Å²) in [6.45, 7) is 3.98. The van der Waals surface area contributed by atoms with Gasteiger partial charge in [0.25, 0.3) is 0 Å². The van der Waals surface area contributed by atoms with Crippen LogP contribution in [0.5, 0.6) is 0 Å². The van der Waals surface area contributed by atoms with Gasteiger partial charge in [0, 0.05) is 6.54 Å². The van der Waals surface area contributed by atoms with Crippen LogP contribution in [0.1, 0.15) is 25.8 Å². The predicted octanol–water partition coefficient (Wildman–Crippen LogP) is 1.95. The van der Waals surface area contributed by atoms with Crippen LogP contribution in [0, 0.1) is 17.6 Å². The number of benzene rings is 1. The number of amides is 1. The Morgan fingerprint density at radius 1 is 1.39 bits per heavy atom. The monoisotopic (exact) mass is 256 g/mol. The Hall–Kier alpha value is -1.49. The molecule has 0 spiro atoms. The summed E-state index contributed by atoms with van der Waals surface area (Å²) >= 11 is 0. The quantitative estimate of drug-likeness (QED) is 0.846. The summed E-state index contributed by atoms with van der Waals surface area (Å²) in [7, 11) is 0. The number of carbonyl (C=O) groups excluding carboxylic acids is 1. The first-order chi connectivity index (χ1) is 8.45. The average Bonchev–Trinajstić information content (AvgIpc) is 2.37. The van der Waals surface area contributed by atoms with Gasteiger partial charge < -0.3 is 11.1 Å². The van der Waals surface area contributed by atoms with Crippen LogP contribution >= 0.6 is 0 Å². The van der Waals surface area contributed by atoms with Gasteiger partial charge in [-0.15, -0.1) is 0 Å². The van der Waals surface area contributed by atoms with Crippen LogP contribution in [0.25, 0.3) is 0 Å². The lowest BCUT2D eigenvalue weighted by molar-refractivity contribution is -0.123. The molecule has 0 bridgehead atoms. The highest BCUT2D eigenvalue weighted by molar-refractivity contribution is 5.81. The normalized spacial score (nSPS) is 14.1. The standard InChI is InChI=1S/C13H18F2N2O/c1-3-8(2)12(16)13(18)17-7-9-4-5-10(14)11(15)6-9/h4-6,8,12H,3,7,16H2,1-2H3,(H,17,18)/t8-,12-/m0/s1. The van der Waals surface area contributed by atoms with Crippen molar-refractivity contribution in [3.05, 3.63) is 35.4 Å². The molecule has 0 heterocycles. The zero-order chi connectivity index (χ0) is 13.7. The van der Waals surface area contributed by atoms with Gasteiger partial charge in [0.2, 0.25) is 5.91 Å². The van der Waals surface area contributed by atoms with Crippen LogP contribution in [-0.2, 0) is 11.3 Å². The van der Waals surface area contributed by atoms with E-state index in [1.54, 1.807) is 0 Å². The molecular weight excluding hydrogens is 238 g/mol. The van der Waals surface area contributed by atoms with E-state index in [2.05, 4.69) is 5.32 Å². The molecule has 2 atom stereocenters. The maximum atomic E-state index is 12.9. The maximum absolute atomic E-state index is 12.9. The molecule has 0 aromatic heterocycles. The molecule has 0 radical (unpaired) electrons. The zero-order valence-corrected chi connectivity index (χ0v) is 10.5. The number of halogens is 2. The summed E-state index contributed by atoms with van der Waals surface area (Å²) in [5, 5.41) is 2.61. The molecule has 1 rings (SSSR count). The Balaban J connectivity index is 2.54. The molecule has 0 aliphatic heterocycles. The number of rotatable bonds is 5. The molecule has 1 aromatic rings. The van der Waals surface area contributed by atoms with Crippen LogP contribution in [0.15, 0.2) is 18.2 Å². The topological polar surface area (TPSA) is 55.1 Å². The summed E-state index contributed by atoms with van der Waals surface area (Å²) in [6.07, 6.45) is 0.805. The Bertz CT molecular complexity index is 423. The van der Waals surface area contributed by atoms with Crippen LogP contribution < -0.4 is 11.1 Å². The summed E-state index contributed by atoms with van der Waals surface area (Å²) in [5.74, 6) is -2.03. The first-order valence-corrected chi connectivity index (χ1v) is 5.93. The van der Waals surface area contributed by atoms with Crippen molar-refractivity contribution in [1.82, 2.24) is 5.32 Å². The molecule has 0 saturated carbocycles. The van der Waals surface area contributed by atoms with Gasteiger partial charge in [-0.05, 0) is 23.6 Å². The second-order valence-corrected chi connectivity index (χ2v) is 4.38.